The largest absolute Gasteiger partial charge is 0.350 e. The van der Waals surface area contributed by atoms with Crippen LogP contribution in [0, 0.1) is 0 Å². The summed E-state index contributed by atoms with van der Waals surface area (Å²) in [6.45, 7) is 4.95. The molecule has 5 heteroatoms. The maximum absolute atomic E-state index is 11.8. The average molecular weight is 250 g/mol. The Hall–Kier alpha value is -1.36. The predicted molar refractivity (Wildman–Crippen MR) is 73.0 cm³/mol. The Bertz CT molecular complexity index is 411. The van der Waals surface area contributed by atoms with Crippen molar-refractivity contribution in [2.75, 3.05) is 24.5 Å². The summed E-state index contributed by atoms with van der Waals surface area (Å²) in [5, 5.41) is 3.52. The molecular formula is C13H22N4O. The lowest BCUT2D eigenvalue weighted by molar-refractivity contribution is 0.398. The van der Waals surface area contributed by atoms with Gasteiger partial charge in [-0.1, -0.05) is 13.3 Å². The van der Waals surface area contributed by atoms with Crippen LogP contribution >= 0.6 is 0 Å². The molecule has 0 radical (unpaired) electrons. The SMILES string of the molecule is CCCN(CC1CCCCN1)c1ncc[nH]c1=O. The van der Waals surface area contributed by atoms with E-state index in [-0.39, 0.29) is 5.56 Å². The third-order valence-corrected chi connectivity index (χ3v) is 3.34. The first kappa shape index (κ1) is 13.1. The summed E-state index contributed by atoms with van der Waals surface area (Å²) >= 11 is 0. The number of hydrogen-bond acceptors (Lipinski definition) is 4. The third-order valence-electron chi connectivity index (χ3n) is 3.34. The van der Waals surface area contributed by atoms with E-state index in [1.807, 2.05) is 0 Å². The van der Waals surface area contributed by atoms with Crippen LogP contribution in [0.1, 0.15) is 32.6 Å². The zero-order chi connectivity index (χ0) is 12.8. The van der Waals surface area contributed by atoms with Gasteiger partial charge in [0, 0.05) is 31.5 Å². The van der Waals surface area contributed by atoms with E-state index < -0.39 is 0 Å². The minimum atomic E-state index is -0.0956. The van der Waals surface area contributed by atoms with Gasteiger partial charge in [0.1, 0.15) is 0 Å². The first-order valence-corrected chi connectivity index (χ1v) is 6.83. The van der Waals surface area contributed by atoms with Gasteiger partial charge in [0.2, 0.25) is 0 Å². The molecule has 1 fully saturated rings. The summed E-state index contributed by atoms with van der Waals surface area (Å²) < 4.78 is 0. The number of aromatic nitrogens is 2. The highest BCUT2D eigenvalue weighted by Crippen LogP contribution is 2.11. The van der Waals surface area contributed by atoms with Gasteiger partial charge in [-0.25, -0.2) is 4.98 Å². The van der Waals surface area contributed by atoms with Crippen LogP contribution in [0.4, 0.5) is 5.82 Å². The molecule has 0 bridgehead atoms. The van der Waals surface area contributed by atoms with E-state index in [0.717, 1.165) is 26.1 Å². The summed E-state index contributed by atoms with van der Waals surface area (Å²) in [4.78, 5) is 20.8. The van der Waals surface area contributed by atoms with Gasteiger partial charge >= 0.3 is 0 Å². The van der Waals surface area contributed by atoms with Gasteiger partial charge < -0.3 is 15.2 Å². The van der Waals surface area contributed by atoms with E-state index in [0.29, 0.717) is 11.9 Å². The Morgan fingerprint density at radius 2 is 2.39 bits per heavy atom. The van der Waals surface area contributed by atoms with Gasteiger partial charge in [0.05, 0.1) is 0 Å². The molecule has 0 aliphatic carbocycles. The Labute approximate surface area is 108 Å². The smallest absolute Gasteiger partial charge is 0.290 e. The number of H-pyrrole nitrogens is 1. The van der Waals surface area contributed by atoms with Crippen molar-refractivity contribution in [2.24, 2.45) is 0 Å². The lowest BCUT2D eigenvalue weighted by Crippen LogP contribution is -2.45. The van der Waals surface area contributed by atoms with Crippen molar-refractivity contribution in [3.8, 4) is 0 Å². The van der Waals surface area contributed by atoms with Gasteiger partial charge in [-0.05, 0) is 25.8 Å². The molecule has 1 aromatic heterocycles. The number of nitrogens with one attached hydrogen (secondary N) is 2. The lowest BCUT2D eigenvalue weighted by Gasteiger charge is -2.30. The Morgan fingerprint density at radius 1 is 1.50 bits per heavy atom. The molecule has 1 aliphatic rings. The maximum Gasteiger partial charge on any atom is 0.290 e. The van der Waals surface area contributed by atoms with Crippen molar-refractivity contribution in [3.63, 3.8) is 0 Å². The van der Waals surface area contributed by atoms with Gasteiger partial charge in [-0.3, -0.25) is 4.79 Å². The standard InChI is InChI=1S/C13H22N4O/c1-2-9-17(10-11-5-3-4-6-14-11)12-13(18)16-8-7-15-12/h7-8,11,14H,2-6,9-10H2,1H3,(H,16,18). The Morgan fingerprint density at radius 3 is 3.06 bits per heavy atom. The molecule has 0 saturated carbocycles. The number of hydrogen-bond donors (Lipinski definition) is 2. The molecule has 18 heavy (non-hydrogen) atoms. The predicted octanol–water partition coefficient (Wildman–Crippen LogP) is 1.13. The number of rotatable bonds is 5. The van der Waals surface area contributed by atoms with E-state index >= 15 is 0 Å². The summed E-state index contributed by atoms with van der Waals surface area (Å²) in [5.74, 6) is 0.548. The van der Waals surface area contributed by atoms with Crippen LogP contribution in [0.15, 0.2) is 17.2 Å². The molecule has 0 spiro atoms. The first-order valence-electron chi connectivity index (χ1n) is 6.83. The van der Waals surface area contributed by atoms with Crippen LogP contribution in [0.25, 0.3) is 0 Å². The second-order valence-corrected chi connectivity index (χ2v) is 4.83. The molecule has 2 rings (SSSR count). The molecule has 1 aromatic rings. The van der Waals surface area contributed by atoms with Gasteiger partial charge in [-0.2, -0.15) is 0 Å². The maximum atomic E-state index is 11.8. The molecule has 1 aliphatic heterocycles. The second kappa shape index (κ2) is 6.54. The molecule has 1 atom stereocenters. The summed E-state index contributed by atoms with van der Waals surface area (Å²) in [7, 11) is 0. The van der Waals surface area contributed by atoms with Crippen LogP contribution in [0.5, 0.6) is 0 Å². The van der Waals surface area contributed by atoms with Crippen molar-refractivity contribution in [1.29, 1.82) is 0 Å². The third kappa shape index (κ3) is 3.32. The van der Waals surface area contributed by atoms with E-state index in [1.54, 1.807) is 12.4 Å². The molecule has 1 saturated heterocycles. The highest BCUT2D eigenvalue weighted by atomic mass is 16.1. The lowest BCUT2D eigenvalue weighted by atomic mass is 10.0. The van der Waals surface area contributed by atoms with Crippen molar-refractivity contribution < 1.29 is 0 Å². The van der Waals surface area contributed by atoms with E-state index in [2.05, 4.69) is 27.1 Å². The number of nitrogens with zero attached hydrogens (tertiary/aromatic N) is 2. The number of anilines is 1. The molecule has 0 amide bonds. The summed E-state index contributed by atoms with van der Waals surface area (Å²) in [6, 6.07) is 0.478. The minimum absolute atomic E-state index is 0.0956. The van der Waals surface area contributed by atoms with Crippen LogP contribution < -0.4 is 15.8 Å². The quantitative estimate of drug-likeness (QED) is 0.822. The van der Waals surface area contributed by atoms with Crippen molar-refractivity contribution >= 4 is 5.82 Å². The molecular weight excluding hydrogens is 228 g/mol. The monoisotopic (exact) mass is 250 g/mol. The van der Waals surface area contributed by atoms with Crippen LogP contribution in [0.3, 0.4) is 0 Å². The van der Waals surface area contributed by atoms with E-state index in [4.69, 9.17) is 0 Å². The van der Waals surface area contributed by atoms with Crippen molar-refractivity contribution in [1.82, 2.24) is 15.3 Å². The fourth-order valence-electron chi connectivity index (χ4n) is 2.47. The summed E-state index contributed by atoms with van der Waals surface area (Å²) in [5.41, 5.74) is -0.0956. The van der Waals surface area contributed by atoms with Gasteiger partial charge in [0.25, 0.3) is 5.56 Å². The molecule has 0 aromatic carbocycles. The Balaban J connectivity index is 2.07. The zero-order valence-corrected chi connectivity index (χ0v) is 11.0. The molecule has 2 N–H and O–H groups in total. The highest BCUT2D eigenvalue weighted by molar-refractivity contribution is 5.35. The fraction of sp³-hybridized carbons (Fsp3) is 0.692. The molecule has 2 heterocycles. The first-order chi connectivity index (χ1) is 8.81. The molecule has 100 valence electrons. The van der Waals surface area contributed by atoms with Crippen molar-refractivity contribution in [2.45, 2.75) is 38.6 Å². The van der Waals surface area contributed by atoms with Crippen LogP contribution in [-0.4, -0.2) is 35.6 Å². The van der Waals surface area contributed by atoms with E-state index in [1.165, 1.54) is 19.3 Å². The topological polar surface area (TPSA) is 61.0 Å². The second-order valence-electron chi connectivity index (χ2n) is 4.83. The molecule has 5 nitrogen and oxygen atoms in total. The van der Waals surface area contributed by atoms with Crippen LogP contribution in [-0.2, 0) is 0 Å². The zero-order valence-electron chi connectivity index (χ0n) is 11.0. The average Bonchev–Trinajstić information content (AvgIpc) is 2.40. The molecule has 1 unspecified atom stereocenters. The van der Waals surface area contributed by atoms with E-state index in [9.17, 15) is 4.79 Å². The minimum Gasteiger partial charge on any atom is -0.350 e. The van der Waals surface area contributed by atoms with Crippen LogP contribution in [0.2, 0.25) is 0 Å². The highest BCUT2D eigenvalue weighted by Gasteiger charge is 2.18. The number of piperidine rings is 1. The van der Waals surface area contributed by atoms with Gasteiger partial charge in [-0.15, -0.1) is 0 Å². The van der Waals surface area contributed by atoms with Gasteiger partial charge in [0.15, 0.2) is 5.82 Å². The number of aromatic amines is 1. The normalized spacial score (nSPS) is 19.7. The summed E-state index contributed by atoms with van der Waals surface area (Å²) in [6.07, 6.45) is 7.96. The Kier molecular flexibility index (Phi) is 4.75. The fourth-order valence-corrected chi connectivity index (χ4v) is 2.47. The van der Waals surface area contributed by atoms with Crippen molar-refractivity contribution in [3.05, 3.63) is 22.7 Å².